The van der Waals surface area contributed by atoms with Gasteiger partial charge in [0, 0.05) is 6.54 Å². The third-order valence-corrected chi connectivity index (χ3v) is 3.73. The van der Waals surface area contributed by atoms with Crippen molar-refractivity contribution < 1.29 is 14.7 Å². The van der Waals surface area contributed by atoms with E-state index in [9.17, 15) is 9.59 Å². The van der Waals surface area contributed by atoms with Crippen molar-refractivity contribution in [3.05, 3.63) is 0 Å². The van der Waals surface area contributed by atoms with Crippen LogP contribution in [0.2, 0.25) is 0 Å². The number of rotatable bonds is 6. The Hall–Kier alpha value is -1.06. The minimum Gasteiger partial charge on any atom is -0.481 e. The maximum Gasteiger partial charge on any atom is 0.315 e. The Kier molecular flexibility index (Phi) is 3.17. The predicted molar refractivity (Wildman–Crippen MR) is 58.7 cm³/mol. The molecule has 2 fully saturated rings. The van der Waals surface area contributed by atoms with Crippen molar-refractivity contribution in [2.45, 2.75) is 32.6 Å². The summed E-state index contributed by atoms with van der Waals surface area (Å²) in [5.74, 6) is -0.157. The molecule has 2 aliphatic carbocycles. The number of nitrogens with one attached hydrogen (secondary N) is 1. The van der Waals surface area contributed by atoms with E-state index in [0.717, 1.165) is 11.8 Å². The zero-order chi connectivity index (χ0) is 11.7. The summed E-state index contributed by atoms with van der Waals surface area (Å²) in [6.45, 7) is 2.10. The second kappa shape index (κ2) is 4.44. The summed E-state index contributed by atoms with van der Waals surface area (Å²) in [6.07, 6.45) is 5.13. The Morgan fingerprint density at radius 3 is 2.12 bits per heavy atom. The molecule has 1 amide bonds. The lowest BCUT2D eigenvalue weighted by molar-refractivity contribution is -0.146. The SMILES string of the molecule is CC(C(=O)O)C(=O)NCC(C1CC1)C1CC1. The molecule has 0 spiro atoms. The molecule has 1 unspecified atom stereocenters. The van der Waals surface area contributed by atoms with Crippen molar-refractivity contribution in [3.8, 4) is 0 Å². The molecule has 2 aliphatic rings. The first kappa shape index (κ1) is 11.4. The summed E-state index contributed by atoms with van der Waals surface area (Å²) >= 11 is 0. The molecule has 2 rings (SSSR count). The minimum atomic E-state index is -1.05. The summed E-state index contributed by atoms with van der Waals surface area (Å²) in [4.78, 5) is 22.1. The van der Waals surface area contributed by atoms with Crippen LogP contribution in [0.1, 0.15) is 32.6 Å². The fraction of sp³-hybridized carbons (Fsp3) is 0.833. The molecule has 1 atom stereocenters. The Balaban J connectivity index is 1.76. The first-order valence-electron chi connectivity index (χ1n) is 6.10. The maximum absolute atomic E-state index is 11.5. The first-order chi connectivity index (χ1) is 7.59. The van der Waals surface area contributed by atoms with Crippen LogP contribution < -0.4 is 5.32 Å². The molecule has 0 aromatic heterocycles. The molecule has 0 saturated heterocycles. The van der Waals surface area contributed by atoms with E-state index in [-0.39, 0.29) is 5.91 Å². The van der Waals surface area contributed by atoms with E-state index in [1.807, 2.05) is 0 Å². The Morgan fingerprint density at radius 1 is 1.25 bits per heavy atom. The van der Waals surface area contributed by atoms with Gasteiger partial charge in [-0.25, -0.2) is 0 Å². The number of carboxylic acid groups (broad SMARTS) is 1. The molecule has 0 aliphatic heterocycles. The van der Waals surface area contributed by atoms with Crippen LogP contribution in [0.4, 0.5) is 0 Å². The van der Waals surface area contributed by atoms with Gasteiger partial charge in [0.1, 0.15) is 5.92 Å². The van der Waals surface area contributed by atoms with Crippen LogP contribution in [0.15, 0.2) is 0 Å². The summed E-state index contributed by atoms with van der Waals surface area (Å²) < 4.78 is 0. The average Bonchev–Trinajstić information content (AvgIpc) is 3.09. The second-order valence-electron chi connectivity index (χ2n) is 5.14. The molecule has 4 nitrogen and oxygen atoms in total. The van der Waals surface area contributed by atoms with E-state index in [1.54, 1.807) is 0 Å². The highest BCUT2D eigenvalue weighted by Crippen LogP contribution is 2.48. The third-order valence-electron chi connectivity index (χ3n) is 3.73. The number of carboxylic acids is 1. The van der Waals surface area contributed by atoms with Crippen LogP contribution in [0, 0.1) is 23.7 Å². The molecule has 0 radical (unpaired) electrons. The van der Waals surface area contributed by atoms with Gasteiger partial charge < -0.3 is 10.4 Å². The molecule has 0 bridgehead atoms. The van der Waals surface area contributed by atoms with Crippen LogP contribution in [-0.2, 0) is 9.59 Å². The molecule has 90 valence electrons. The summed E-state index contributed by atoms with van der Waals surface area (Å²) in [5, 5.41) is 11.5. The zero-order valence-electron chi connectivity index (χ0n) is 9.61. The Morgan fingerprint density at radius 2 is 1.75 bits per heavy atom. The van der Waals surface area contributed by atoms with Crippen molar-refractivity contribution in [2.75, 3.05) is 6.54 Å². The van der Waals surface area contributed by atoms with Gasteiger partial charge in [-0.3, -0.25) is 9.59 Å². The molecular formula is C12H19NO3. The van der Waals surface area contributed by atoms with Gasteiger partial charge >= 0.3 is 5.97 Å². The second-order valence-corrected chi connectivity index (χ2v) is 5.14. The lowest BCUT2D eigenvalue weighted by Gasteiger charge is -2.17. The molecule has 4 heteroatoms. The van der Waals surface area contributed by atoms with Crippen molar-refractivity contribution in [3.63, 3.8) is 0 Å². The molecular weight excluding hydrogens is 206 g/mol. The highest BCUT2D eigenvalue weighted by Gasteiger charge is 2.41. The molecule has 16 heavy (non-hydrogen) atoms. The topological polar surface area (TPSA) is 66.4 Å². The lowest BCUT2D eigenvalue weighted by Crippen LogP contribution is -2.37. The third kappa shape index (κ3) is 2.74. The van der Waals surface area contributed by atoms with E-state index in [1.165, 1.54) is 32.6 Å². The van der Waals surface area contributed by atoms with E-state index >= 15 is 0 Å². The number of hydrogen-bond donors (Lipinski definition) is 2. The lowest BCUT2D eigenvalue weighted by atomic mass is 9.97. The number of aliphatic carboxylic acids is 1. The number of carbonyl (C=O) groups excluding carboxylic acids is 1. The van der Waals surface area contributed by atoms with Crippen molar-refractivity contribution in [1.29, 1.82) is 0 Å². The average molecular weight is 225 g/mol. The van der Waals surface area contributed by atoms with Gasteiger partial charge in [-0.05, 0) is 50.4 Å². The Bertz CT molecular complexity index is 283. The van der Waals surface area contributed by atoms with E-state index in [0.29, 0.717) is 12.5 Å². The fourth-order valence-electron chi connectivity index (χ4n) is 2.25. The monoisotopic (exact) mass is 225 g/mol. The quantitative estimate of drug-likeness (QED) is 0.669. The minimum absolute atomic E-state index is 0.348. The van der Waals surface area contributed by atoms with Crippen LogP contribution in [0.5, 0.6) is 0 Å². The van der Waals surface area contributed by atoms with Crippen molar-refractivity contribution in [2.24, 2.45) is 23.7 Å². The van der Waals surface area contributed by atoms with Gasteiger partial charge in [-0.1, -0.05) is 0 Å². The molecule has 0 heterocycles. The number of amides is 1. The van der Waals surface area contributed by atoms with Crippen molar-refractivity contribution in [1.82, 2.24) is 5.32 Å². The smallest absolute Gasteiger partial charge is 0.315 e. The predicted octanol–water partition coefficient (Wildman–Crippen LogP) is 1.26. The maximum atomic E-state index is 11.5. The van der Waals surface area contributed by atoms with Gasteiger partial charge in [-0.15, -0.1) is 0 Å². The van der Waals surface area contributed by atoms with Crippen molar-refractivity contribution >= 4 is 11.9 Å². The van der Waals surface area contributed by atoms with Gasteiger partial charge in [0.05, 0.1) is 0 Å². The molecule has 2 N–H and O–H groups in total. The first-order valence-corrected chi connectivity index (χ1v) is 6.10. The zero-order valence-corrected chi connectivity index (χ0v) is 9.61. The van der Waals surface area contributed by atoms with Gasteiger partial charge in [0.25, 0.3) is 0 Å². The standard InChI is InChI=1S/C12H19NO3/c1-7(12(15)16)11(14)13-6-10(8-2-3-8)9-4-5-9/h7-10H,2-6H2,1H3,(H,13,14)(H,15,16). The normalized spacial score (nSPS) is 21.9. The van der Waals surface area contributed by atoms with Crippen LogP contribution in [-0.4, -0.2) is 23.5 Å². The van der Waals surface area contributed by atoms with E-state index in [4.69, 9.17) is 5.11 Å². The van der Waals surface area contributed by atoms with Crippen LogP contribution >= 0.6 is 0 Å². The molecule has 0 aromatic rings. The molecule has 0 aromatic carbocycles. The fourth-order valence-corrected chi connectivity index (χ4v) is 2.25. The van der Waals surface area contributed by atoms with Gasteiger partial charge in [0.15, 0.2) is 0 Å². The number of hydrogen-bond acceptors (Lipinski definition) is 2. The summed E-state index contributed by atoms with van der Waals surface area (Å²) in [7, 11) is 0. The highest BCUT2D eigenvalue weighted by atomic mass is 16.4. The summed E-state index contributed by atoms with van der Waals surface area (Å²) in [6, 6.07) is 0. The van der Waals surface area contributed by atoms with Gasteiger partial charge in [0.2, 0.25) is 5.91 Å². The highest BCUT2D eigenvalue weighted by molar-refractivity contribution is 5.96. The van der Waals surface area contributed by atoms with E-state index < -0.39 is 11.9 Å². The van der Waals surface area contributed by atoms with Crippen LogP contribution in [0.3, 0.4) is 0 Å². The largest absolute Gasteiger partial charge is 0.481 e. The molecule has 2 saturated carbocycles. The Labute approximate surface area is 95.4 Å². The van der Waals surface area contributed by atoms with Gasteiger partial charge in [-0.2, -0.15) is 0 Å². The number of carbonyl (C=O) groups is 2. The summed E-state index contributed by atoms with van der Waals surface area (Å²) in [5.41, 5.74) is 0. The van der Waals surface area contributed by atoms with E-state index in [2.05, 4.69) is 5.32 Å². The van der Waals surface area contributed by atoms with Crippen LogP contribution in [0.25, 0.3) is 0 Å².